The van der Waals surface area contributed by atoms with Crippen LogP contribution in [0.25, 0.3) is 11.1 Å². The smallest absolute Gasteiger partial charge is 0.408 e. The van der Waals surface area contributed by atoms with E-state index in [9.17, 15) is 19.5 Å². The van der Waals surface area contributed by atoms with Crippen LogP contribution in [-0.2, 0) is 40.3 Å². The summed E-state index contributed by atoms with van der Waals surface area (Å²) in [5.41, 5.74) is 4.77. The third-order valence-electron chi connectivity index (χ3n) is 10.1. The van der Waals surface area contributed by atoms with E-state index in [4.69, 9.17) is 47.4 Å². The summed E-state index contributed by atoms with van der Waals surface area (Å²) in [5.74, 6) is 0.291. The number of hydrogen-bond donors (Lipinski definition) is 2. The zero-order chi connectivity index (χ0) is 40.3. The van der Waals surface area contributed by atoms with Crippen LogP contribution in [0.4, 0.5) is 4.79 Å². The van der Waals surface area contributed by atoms with Crippen molar-refractivity contribution < 1.29 is 38.4 Å². The molecular formula is C44H37Cl2N3O8. The van der Waals surface area contributed by atoms with E-state index in [0.29, 0.717) is 45.0 Å². The van der Waals surface area contributed by atoms with Crippen molar-refractivity contribution in [2.75, 3.05) is 13.7 Å². The normalized spacial score (nSPS) is 16.6. The molecule has 2 N–H and O–H groups in total. The molecule has 0 bridgehead atoms. The van der Waals surface area contributed by atoms with Crippen LogP contribution in [0.2, 0.25) is 10.0 Å². The number of rotatable bonds is 10. The summed E-state index contributed by atoms with van der Waals surface area (Å²) < 4.78 is 23.5. The van der Waals surface area contributed by atoms with Gasteiger partial charge in [-0.25, -0.2) is 9.59 Å². The molecule has 2 aliphatic rings. The first-order chi connectivity index (χ1) is 27.4. The van der Waals surface area contributed by atoms with Gasteiger partial charge in [0.15, 0.2) is 17.6 Å². The molecule has 2 amide bonds. The number of esters is 1. The van der Waals surface area contributed by atoms with Crippen molar-refractivity contribution in [3.05, 3.63) is 147 Å². The van der Waals surface area contributed by atoms with Crippen molar-refractivity contribution in [1.29, 1.82) is 5.26 Å². The van der Waals surface area contributed by atoms with Crippen molar-refractivity contribution >= 4 is 41.2 Å². The number of fused-ring (bicyclic) bond motifs is 2. The fraction of sp³-hybridized carbons (Fsp3) is 0.227. The highest BCUT2D eigenvalue weighted by molar-refractivity contribution is 6.42. The van der Waals surface area contributed by atoms with E-state index in [1.807, 2.05) is 66.7 Å². The lowest BCUT2D eigenvalue weighted by atomic mass is 9.89. The Hall–Kier alpha value is -6.22. The summed E-state index contributed by atoms with van der Waals surface area (Å²) in [6, 6.07) is 32.0. The number of carbonyl (C=O) groups excluding carboxylic acids is 2. The number of amides is 2. The third-order valence-corrected chi connectivity index (χ3v) is 10.9. The van der Waals surface area contributed by atoms with Crippen LogP contribution in [0.1, 0.15) is 46.4 Å². The second-order valence-electron chi connectivity index (χ2n) is 14.1. The highest BCUT2D eigenvalue weighted by atomic mass is 35.5. The van der Waals surface area contributed by atoms with Crippen molar-refractivity contribution in [3.63, 3.8) is 0 Å². The molecule has 7 rings (SSSR count). The molecule has 0 aliphatic carbocycles. The molecule has 0 aromatic heterocycles. The third kappa shape index (κ3) is 8.63. The first kappa shape index (κ1) is 39.0. The number of methoxy groups -OCH3 is 1. The Labute approximate surface area is 339 Å². The average Bonchev–Trinajstić information content (AvgIpc) is 3.22. The topological polar surface area (TPSA) is 147 Å². The Balaban J connectivity index is 1.02. The Bertz CT molecular complexity index is 2360. The molecule has 2 heterocycles. The van der Waals surface area contributed by atoms with Gasteiger partial charge < -0.3 is 29.4 Å². The number of nitrogens with zero attached hydrogens (tertiary/aromatic N) is 2. The molecular weight excluding hydrogens is 769 g/mol. The quantitative estimate of drug-likeness (QED) is 0.133. The van der Waals surface area contributed by atoms with Gasteiger partial charge >= 0.3 is 12.1 Å². The van der Waals surface area contributed by atoms with Crippen molar-refractivity contribution in [3.8, 4) is 34.4 Å². The Kier molecular flexibility index (Phi) is 11.3. The first-order valence-electron chi connectivity index (χ1n) is 18.0. The summed E-state index contributed by atoms with van der Waals surface area (Å²) in [5, 5.41) is 23.1. The van der Waals surface area contributed by atoms with Crippen LogP contribution < -0.4 is 19.5 Å². The highest BCUT2D eigenvalue weighted by Gasteiger charge is 2.42. The van der Waals surface area contributed by atoms with Crippen LogP contribution in [0, 0.1) is 11.3 Å². The molecule has 290 valence electrons. The summed E-state index contributed by atoms with van der Waals surface area (Å²) in [4.78, 5) is 40.8. The molecule has 11 nitrogen and oxygen atoms in total. The van der Waals surface area contributed by atoms with E-state index < -0.39 is 35.7 Å². The van der Waals surface area contributed by atoms with Gasteiger partial charge in [0.2, 0.25) is 5.91 Å². The fourth-order valence-electron chi connectivity index (χ4n) is 7.03. The van der Waals surface area contributed by atoms with E-state index >= 15 is 0 Å². The minimum absolute atomic E-state index is 0.0494. The van der Waals surface area contributed by atoms with Crippen LogP contribution in [0.15, 0.2) is 103 Å². The van der Waals surface area contributed by atoms with Gasteiger partial charge in [0.1, 0.15) is 30.5 Å². The predicted octanol–water partition coefficient (Wildman–Crippen LogP) is 8.32. The molecule has 0 spiro atoms. The van der Waals surface area contributed by atoms with Gasteiger partial charge in [0, 0.05) is 12.8 Å². The Morgan fingerprint density at radius 1 is 0.895 bits per heavy atom. The molecule has 0 radical (unpaired) electrons. The summed E-state index contributed by atoms with van der Waals surface area (Å²) in [7, 11) is 1.24. The summed E-state index contributed by atoms with van der Waals surface area (Å²) in [6.07, 6.45) is -1.58. The summed E-state index contributed by atoms with van der Waals surface area (Å²) in [6.45, 7) is 2.02. The Morgan fingerprint density at radius 3 is 2.21 bits per heavy atom. The maximum absolute atomic E-state index is 14.0. The molecule has 0 fully saturated rings. The van der Waals surface area contributed by atoms with Gasteiger partial charge in [-0.15, -0.1) is 0 Å². The number of halogens is 2. The number of nitrogens with one attached hydrogen (secondary N) is 1. The number of carboxylic acid groups (broad SMARTS) is 1. The second kappa shape index (κ2) is 16.5. The average molecular weight is 807 g/mol. The second-order valence-corrected chi connectivity index (χ2v) is 14.9. The van der Waals surface area contributed by atoms with E-state index in [0.717, 1.165) is 38.3 Å². The van der Waals surface area contributed by atoms with Gasteiger partial charge in [-0.05, 0) is 94.4 Å². The van der Waals surface area contributed by atoms with Gasteiger partial charge in [-0.3, -0.25) is 9.69 Å². The maximum atomic E-state index is 14.0. The van der Waals surface area contributed by atoms with Crippen LogP contribution in [0.3, 0.4) is 0 Å². The van der Waals surface area contributed by atoms with Gasteiger partial charge in [0.05, 0.1) is 35.3 Å². The van der Waals surface area contributed by atoms with E-state index in [1.54, 1.807) is 43.3 Å². The fourth-order valence-corrected chi connectivity index (χ4v) is 7.35. The molecule has 13 heteroatoms. The van der Waals surface area contributed by atoms with Gasteiger partial charge in [-0.1, -0.05) is 77.8 Å². The van der Waals surface area contributed by atoms with Crippen molar-refractivity contribution in [1.82, 2.24) is 10.2 Å². The lowest BCUT2D eigenvalue weighted by molar-refractivity contribution is -0.150. The van der Waals surface area contributed by atoms with Crippen LogP contribution >= 0.6 is 23.2 Å². The number of nitriles is 1. The van der Waals surface area contributed by atoms with Crippen LogP contribution in [0.5, 0.6) is 17.2 Å². The molecule has 0 saturated carbocycles. The monoisotopic (exact) mass is 805 g/mol. The van der Waals surface area contributed by atoms with Crippen molar-refractivity contribution in [2.24, 2.45) is 0 Å². The molecule has 5 aromatic rings. The zero-order valence-electron chi connectivity index (χ0n) is 31.0. The summed E-state index contributed by atoms with van der Waals surface area (Å²) >= 11 is 12.1. The predicted molar refractivity (Wildman–Crippen MR) is 212 cm³/mol. The molecule has 2 aliphatic heterocycles. The molecule has 3 atom stereocenters. The molecule has 5 aromatic carbocycles. The van der Waals surface area contributed by atoms with Gasteiger partial charge in [-0.2, -0.15) is 5.26 Å². The first-order valence-corrected chi connectivity index (χ1v) is 18.8. The SMILES string of the molecule is COC(=O)[C@](C)(Cc1ccc(-c2ccc(C#N)cc2)cc1)NC(=O)C1Cc2cc3c(cc2CN1C(=O)O)O[C@@H](c1ccc(OCc2ccc(Cl)c(Cl)c2)cc1)CO3. The number of carbonyl (C=O) groups is 3. The molecule has 57 heavy (non-hydrogen) atoms. The molecule has 0 saturated heterocycles. The molecule has 1 unspecified atom stereocenters. The largest absolute Gasteiger partial charge is 0.489 e. The minimum atomic E-state index is -1.51. The zero-order valence-corrected chi connectivity index (χ0v) is 32.5. The van der Waals surface area contributed by atoms with Crippen LogP contribution in [-0.4, -0.2) is 53.3 Å². The number of benzene rings is 5. The number of hydrogen-bond acceptors (Lipinski definition) is 8. The maximum Gasteiger partial charge on any atom is 0.408 e. The minimum Gasteiger partial charge on any atom is -0.489 e. The standard InChI is InChI=1S/C44H37Cl2N3O8/c1-44(42(51)54-2,21-26-3-8-29(9-4-26)30-10-5-27(22-47)6-11-30)48-41(50)37-18-32-19-38-39(20-33(32)23-49(37)43(52)53)57-40(25-56-38)31-12-14-34(15-13-31)55-24-28-7-16-35(45)36(46)17-28/h3-17,19-20,37,40H,18,21,23-25H2,1-2H3,(H,48,50)(H,52,53)/t37?,40-,44+/m1/s1. The Morgan fingerprint density at radius 2 is 1.56 bits per heavy atom. The van der Waals surface area contributed by atoms with Crippen molar-refractivity contribution in [2.45, 2.75) is 50.6 Å². The van der Waals surface area contributed by atoms with E-state index in [1.165, 1.54) is 7.11 Å². The van der Waals surface area contributed by atoms with Gasteiger partial charge in [0.25, 0.3) is 0 Å². The van der Waals surface area contributed by atoms with E-state index in [-0.39, 0.29) is 26.0 Å². The highest BCUT2D eigenvalue weighted by Crippen LogP contribution is 2.41. The lowest BCUT2D eigenvalue weighted by Gasteiger charge is -2.37. The number of ether oxygens (including phenoxy) is 4. The van der Waals surface area contributed by atoms with E-state index in [2.05, 4.69) is 11.4 Å². The lowest BCUT2D eigenvalue weighted by Crippen LogP contribution is -2.60.